The molecule has 0 saturated carbocycles. The lowest BCUT2D eigenvalue weighted by Gasteiger charge is -2.08. The van der Waals surface area contributed by atoms with Crippen molar-refractivity contribution in [3.63, 3.8) is 0 Å². The maximum Gasteiger partial charge on any atom is 0.280 e. The highest BCUT2D eigenvalue weighted by molar-refractivity contribution is 6.30. The van der Waals surface area contributed by atoms with Crippen LogP contribution in [0.15, 0.2) is 67.1 Å². The topological polar surface area (TPSA) is 90.0 Å². The summed E-state index contributed by atoms with van der Waals surface area (Å²) in [6.07, 6.45) is -0.302. The van der Waals surface area contributed by atoms with Crippen LogP contribution in [0.3, 0.4) is 0 Å². The normalized spacial score (nSPS) is 11.3. The summed E-state index contributed by atoms with van der Waals surface area (Å²) in [5.41, 5.74) is 0.888. The van der Waals surface area contributed by atoms with E-state index in [9.17, 15) is 18.0 Å². The minimum absolute atomic E-state index is 0.0204. The minimum atomic E-state index is -2.89. The molecule has 12 heteroatoms. The van der Waals surface area contributed by atoms with E-state index in [0.29, 0.717) is 17.1 Å². The Labute approximate surface area is 201 Å². The molecule has 0 aliphatic rings. The molecular weight excluding hydrogens is 483 g/mol. The van der Waals surface area contributed by atoms with E-state index in [2.05, 4.69) is 25.5 Å². The molecule has 8 nitrogen and oxygen atoms in total. The van der Waals surface area contributed by atoms with Crippen molar-refractivity contribution in [1.29, 1.82) is 0 Å². The number of anilines is 1. The summed E-state index contributed by atoms with van der Waals surface area (Å²) in [5, 5.41) is 11.3. The molecule has 2 aromatic carbocycles. The van der Waals surface area contributed by atoms with Crippen molar-refractivity contribution in [2.45, 2.75) is 13.0 Å². The first-order valence-electron chi connectivity index (χ1n) is 10.3. The minimum Gasteiger partial charge on any atom is -0.289 e. The van der Waals surface area contributed by atoms with Crippen LogP contribution in [0.4, 0.5) is 19.1 Å². The molecule has 0 atom stereocenters. The molecule has 1 N–H and O–H groups in total. The lowest BCUT2D eigenvalue weighted by molar-refractivity contribution is 0.102. The number of alkyl halides is 2. The number of aromatic nitrogens is 6. The molecule has 5 aromatic rings. The molecule has 5 rings (SSSR count). The Hall–Kier alpha value is -4.25. The molecule has 0 spiro atoms. The molecule has 1 amide bonds. The Morgan fingerprint density at radius 2 is 1.83 bits per heavy atom. The predicted molar refractivity (Wildman–Crippen MR) is 122 cm³/mol. The third-order valence-electron chi connectivity index (χ3n) is 5.13. The summed E-state index contributed by atoms with van der Waals surface area (Å²) < 4.78 is 43.2. The lowest BCUT2D eigenvalue weighted by atomic mass is 10.1. The SMILES string of the molecule is O=C(Nc1ncn(Cc2ccc(Cl)cc2)n1)c1cnn2c(C(F)F)cc(-c3ccc(F)cc3)nc12. The van der Waals surface area contributed by atoms with Crippen molar-refractivity contribution >= 4 is 29.1 Å². The zero-order valence-corrected chi connectivity index (χ0v) is 18.5. The Morgan fingerprint density at radius 3 is 2.54 bits per heavy atom. The van der Waals surface area contributed by atoms with Crippen LogP contribution in [0.25, 0.3) is 16.9 Å². The lowest BCUT2D eigenvalue weighted by Crippen LogP contribution is -2.14. The number of amides is 1. The number of rotatable bonds is 6. The first kappa shape index (κ1) is 22.5. The highest BCUT2D eigenvalue weighted by Gasteiger charge is 2.22. The van der Waals surface area contributed by atoms with Gasteiger partial charge in [-0.15, -0.1) is 5.10 Å². The maximum absolute atomic E-state index is 13.7. The second kappa shape index (κ2) is 9.18. The van der Waals surface area contributed by atoms with Gasteiger partial charge in [-0.05, 0) is 48.0 Å². The van der Waals surface area contributed by atoms with Crippen molar-refractivity contribution in [1.82, 2.24) is 29.4 Å². The Kier molecular flexibility index (Phi) is 5.91. The molecule has 3 heterocycles. The second-order valence-electron chi connectivity index (χ2n) is 7.51. The van der Waals surface area contributed by atoms with E-state index in [-0.39, 0.29) is 22.9 Å². The number of halogens is 4. The highest BCUT2D eigenvalue weighted by Crippen LogP contribution is 2.27. The van der Waals surface area contributed by atoms with Crippen molar-refractivity contribution in [3.8, 4) is 11.3 Å². The maximum atomic E-state index is 13.7. The van der Waals surface area contributed by atoms with E-state index in [0.717, 1.165) is 22.3 Å². The number of carbonyl (C=O) groups excluding carboxylic acids is 1. The van der Waals surface area contributed by atoms with Crippen molar-refractivity contribution in [2.24, 2.45) is 0 Å². The van der Waals surface area contributed by atoms with Gasteiger partial charge in [-0.3, -0.25) is 10.1 Å². The summed E-state index contributed by atoms with van der Waals surface area (Å²) in [6.45, 7) is 0.400. The third-order valence-corrected chi connectivity index (χ3v) is 5.38. The fourth-order valence-electron chi connectivity index (χ4n) is 3.44. The third kappa shape index (κ3) is 4.71. The van der Waals surface area contributed by atoms with Gasteiger partial charge in [0, 0.05) is 10.6 Å². The standard InChI is InChI=1S/C23H15ClF3N7O/c24-15-5-1-13(2-6-15)11-33-12-28-23(32-33)31-22(35)17-10-29-34-19(20(26)27)9-18(30-21(17)34)14-3-7-16(25)8-4-14/h1-10,12,20H,11H2,(H,31,32,35). The summed E-state index contributed by atoms with van der Waals surface area (Å²) in [4.78, 5) is 21.3. The van der Waals surface area contributed by atoms with Crippen LogP contribution in [-0.2, 0) is 6.54 Å². The molecule has 0 saturated heterocycles. The Bertz CT molecular complexity index is 1510. The van der Waals surface area contributed by atoms with Gasteiger partial charge in [-0.1, -0.05) is 23.7 Å². The first-order valence-corrected chi connectivity index (χ1v) is 10.6. The van der Waals surface area contributed by atoms with Gasteiger partial charge in [0.2, 0.25) is 5.95 Å². The summed E-state index contributed by atoms with van der Waals surface area (Å²) in [5.74, 6) is -1.13. The predicted octanol–water partition coefficient (Wildman–Crippen LogP) is 5.02. The molecule has 3 aromatic heterocycles. The average Bonchev–Trinajstić information content (AvgIpc) is 3.47. The quantitative estimate of drug-likeness (QED) is 0.356. The number of fused-ring (bicyclic) bond motifs is 1. The fourth-order valence-corrected chi connectivity index (χ4v) is 3.57. The van der Waals surface area contributed by atoms with Crippen LogP contribution in [0.1, 0.15) is 28.0 Å². The molecule has 0 aliphatic heterocycles. The molecule has 0 radical (unpaired) electrons. The molecular formula is C23H15ClF3N7O. The van der Waals surface area contributed by atoms with E-state index in [1.165, 1.54) is 35.3 Å². The van der Waals surface area contributed by atoms with Gasteiger partial charge in [0.25, 0.3) is 12.3 Å². The van der Waals surface area contributed by atoms with Crippen LogP contribution >= 0.6 is 11.6 Å². The number of benzene rings is 2. The first-order chi connectivity index (χ1) is 16.9. The van der Waals surface area contributed by atoms with Crippen LogP contribution < -0.4 is 5.32 Å². The van der Waals surface area contributed by atoms with E-state index >= 15 is 0 Å². The monoisotopic (exact) mass is 497 g/mol. The molecule has 0 fully saturated rings. The van der Waals surface area contributed by atoms with E-state index < -0.39 is 23.8 Å². The van der Waals surface area contributed by atoms with Gasteiger partial charge >= 0.3 is 0 Å². The summed E-state index contributed by atoms with van der Waals surface area (Å²) in [7, 11) is 0. The van der Waals surface area contributed by atoms with Gasteiger partial charge in [-0.2, -0.15) is 5.10 Å². The zero-order valence-electron chi connectivity index (χ0n) is 17.7. The number of hydrogen-bond donors (Lipinski definition) is 1. The fraction of sp³-hybridized carbons (Fsp3) is 0.0870. The van der Waals surface area contributed by atoms with E-state index in [1.54, 1.807) is 12.1 Å². The summed E-state index contributed by atoms with van der Waals surface area (Å²) >= 11 is 5.89. The van der Waals surface area contributed by atoms with Gasteiger partial charge in [0.1, 0.15) is 23.4 Å². The van der Waals surface area contributed by atoms with Crippen LogP contribution in [-0.4, -0.2) is 35.3 Å². The number of hydrogen-bond acceptors (Lipinski definition) is 5. The van der Waals surface area contributed by atoms with E-state index in [1.807, 2.05) is 12.1 Å². The average molecular weight is 498 g/mol. The van der Waals surface area contributed by atoms with Crippen LogP contribution in [0.5, 0.6) is 0 Å². The second-order valence-corrected chi connectivity index (χ2v) is 7.95. The molecule has 35 heavy (non-hydrogen) atoms. The number of nitrogens with one attached hydrogen (secondary N) is 1. The molecule has 0 unspecified atom stereocenters. The largest absolute Gasteiger partial charge is 0.289 e. The smallest absolute Gasteiger partial charge is 0.280 e. The van der Waals surface area contributed by atoms with E-state index in [4.69, 9.17) is 11.6 Å². The zero-order chi connectivity index (χ0) is 24.5. The number of carbonyl (C=O) groups is 1. The van der Waals surface area contributed by atoms with Gasteiger partial charge < -0.3 is 0 Å². The highest BCUT2D eigenvalue weighted by atomic mass is 35.5. The Balaban J connectivity index is 1.43. The van der Waals surface area contributed by atoms with Crippen LogP contribution in [0, 0.1) is 5.82 Å². The molecule has 0 bridgehead atoms. The van der Waals surface area contributed by atoms with Gasteiger partial charge in [0.05, 0.1) is 18.4 Å². The Morgan fingerprint density at radius 1 is 1.09 bits per heavy atom. The van der Waals surface area contributed by atoms with Crippen molar-refractivity contribution < 1.29 is 18.0 Å². The number of nitrogens with zero attached hydrogens (tertiary/aromatic N) is 6. The van der Waals surface area contributed by atoms with Crippen LogP contribution in [0.2, 0.25) is 5.02 Å². The van der Waals surface area contributed by atoms with Crippen molar-refractivity contribution in [2.75, 3.05) is 5.32 Å². The van der Waals surface area contributed by atoms with Gasteiger partial charge in [0.15, 0.2) is 5.65 Å². The molecule has 0 aliphatic carbocycles. The summed E-state index contributed by atoms with van der Waals surface area (Å²) in [6, 6.07) is 13.6. The van der Waals surface area contributed by atoms with Gasteiger partial charge in [-0.25, -0.2) is 32.3 Å². The van der Waals surface area contributed by atoms with Crippen molar-refractivity contribution in [3.05, 3.63) is 94.8 Å². The molecule has 176 valence electrons.